The third-order valence-corrected chi connectivity index (χ3v) is 4.73. The summed E-state index contributed by atoms with van der Waals surface area (Å²) in [4.78, 5) is 35.4. The van der Waals surface area contributed by atoms with Crippen molar-refractivity contribution in [3.8, 4) is 0 Å². The van der Waals surface area contributed by atoms with Gasteiger partial charge in [0, 0.05) is 17.7 Å². The van der Waals surface area contributed by atoms with Gasteiger partial charge in [-0.05, 0) is 29.9 Å². The Balaban J connectivity index is 1.78. The van der Waals surface area contributed by atoms with E-state index in [-0.39, 0.29) is 15.6 Å². The van der Waals surface area contributed by atoms with E-state index in [0.29, 0.717) is 4.91 Å². The number of nitrogens with one attached hydrogen (secondary N) is 1. The Morgan fingerprint density at radius 1 is 1.19 bits per heavy atom. The van der Waals surface area contributed by atoms with Gasteiger partial charge in [-0.15, -0.1) is 0 Å². The molecule has 1 aliphatic heterocycles. The Bertz CT molecular complexity index is 944. The molecule has 1 fully saturated rings. The van der Waals surface area contributed by atoms with Crippen LogP contribution >= 0.6 is 24.0 Å². The monoisotopic (exact) mass is 385 g/mol. The zero-order valence-corrected chi connectivity index (χ0v) is 14.8. The molecule has 2 aromatic rings. The summed E-state index contributed by atoms with van der Waals surface area (Å²) in [5, 5.41) is 11.8. The summed E-state index contributed by atoms with van der Waals surface area (Å²) in [7, 11) is 0. The van der Waals surface area contributed by atoms with Gasteiger partial charge in [-0.2, -0.15) is 5.01 Å². The van der Waals surface area contributed by atoms with Crippen LogP contribution in [-0.2, 0) is 4.79 Å². The highest BCUT2D eigenvalue weighted by Crippen LogP contribution is 2.31. The summed E-state index contributed by atoms with van der Waals surface area (Å²) >= 11 is 6.22. The Morgan fingerprint density at radius 3 is 2.62 bits per heavy atom. The van der Waals surface area contributed by atoms with Gasteiger partial charge < -0.3 is 0 Å². The molecule has 130 valence electrons. The number of benzene rings is 2. The van der Waals surface area contributed by atoms with E-state index in [9.17, 15) is 19.7 Å². The van der Waals surface area contributed by atoms with Crippen molar-refractivity contribution < 1.29 is 14.5 Å². The first-order chi connectivity index (χ1) is 12.5. The predicted octanol–water partition coefficient (Wildman–Crippen LogP) is 3.14. The SMILES string of the molecule is O=C(NN1C(=O)/C(=C/c2ccccc2)SC1=S)c1cccc([N+](=O)[O-])c1. The van der Waals surface area contributed by atoms with E-state index < -0.39 is 16.7 Å². The molecule has 1 aliphatic rings. The summed E-state index contributed by atoms with van der Waals surface area (Å²) in [5.74, 6) is -1.12. The molecule has 1 saturated heterocycles. The normalized spacial score (nSPS) is 15.4. The smallest absolute Gasteiger partial charge is 0.267 e. The van der Waals surface area contributed by atoms with Crippen molar-refractivity contribution in [1.29, 1.82) is 0 Å². The summed E-state index contributed by atoms with van der Waals surface area (Å²) < 4.78 is 0.177. The van der Waals surface area contributed by atoms with Gasteiger partial charge in [0.25, 0.3) is 17.5 Å². The molecule has 26 heavy (non-hydrogen) atoms. The maximum absolute atomic E-state index is 12.5. The van der Waals surface area contributed by atoms with Crippen molar-refractivity contribution in [2.75, 3.05) is 0 Å². The number of thioether (sulfide) groups is 1. The molecule has 1 heterocycles. The van der Waals surface area contributed by atoms with Gasteiger partial charge >= 0.3 is 0 Å². The number of hydrogen-bond donors (Lipinski definition) is 1. The van der Waals surface area contributed by atoms with Crippen molar-refractivity contribution in [1.82, 2.24) is 10.4 Å². The van der Waals surface area contributed by atoms with Crippen molar-refractivity contribution in [2.24, 2.45) is 0 Å². The largest absolute Gasteiger partial charge is 0.285 e. The van der Waals surface area contributed by atoms with E-state index in [1.807, 2.05) is 30.3 Å². The van der Waals surface area contributed by atoms with E-state index in [0.717, 1.165) is 28.4 Å². The predicted molar refractivity (Wildman–Crippen MR) is 102 cm³/mol. The van der Waals surface area contributed by atoms with Crippen LogP contribution in [0.2, 0.25) is 0 Å². The minimum absolute atomic E-state index is 0.0558. The van der Waals surface area contributed by atoms with Crippen LogP contribution in [0.25, 0.3) is 6.08 Å². The maximum Gasteiger partial charge on any atom is 0.285 e. The number of nitrogens with zero attached hydrogens (tertiary/aromatic N) is 2. The van der Waals surface area contributed by atoms with Gasteiger partial charge in [0.2, 0.25) is 0 Å². The number of rotatable bonds is 4. The van der Waals surface area contributed by atoms with Crippen molar-refractivity contribution >= 4 is 51.9 Å². The fraction of sp³-hybridized carbons (Fsp3) is 0. The summed E-state index contributed by atoms with van der Waals surface area (Å²) in [5.41, 5.74) is 3.07. The number of hydrogen-bond acceptors (Lipinski definition) is 6. The second kappa shape index (κ2) is 7.46. The Morgan fingerprint density at radius 2 is 1.92 bits per heavy atom. The molecule has 3 rings (SSSR count). The molecule has 2 amide bonds. The van der Waals surface area contributed by atoms with Crippen LogP contribution in [0.5, 0.6) is 0 Å². The zero-order valence-electron chi connectivity index (χ0n) is 13.1. The fourth-order valence-electron chi connectivity index (χ4n) is 2.19. The molecule has 0 spiro atoms. The molecule has 0 aliphatic carbocycles. The molecule has 0 bridgehead atoms. The number of nitro benzene ring substituents is 1. The van der Waals surface area contributed by atoms with Crippen LogP contribution in [-0.4, -0.2) is 26.1 Å². The average molecular weight is 385 g/mol. The second-order valence-electron chi connectivity index (χ2n) is 5.18. The van der Waals surface area contributed by atoms with E-state index in [1.165, 1.54) is 18.2 Å². The van der Waals surface area contributed by atoms with Crippen molar-refractivity contribution in [2.45, 2.75) is 0 Å². The Kier molecular flexibility index (Phi) is 5.10. The van der Waals surface area contributed by atoms with Crippen LogP contribution in [0, 0.1) is 10.1 Å². The van der Waals surface area contributed by atoms with Gasteiger partial charge in [-0.25, -0.2) is 0 Å². The lowest BCUT2D eigenvalue weighted by atomic mass is 10.2. The summed E-state index contributed by atoms with van der Waals surface area (Å²) in [6.45, 7) is 0. The van der Waals surface area contributed by atoms with E-state index >= 15 is 0 Å². The Labute approximate surface area is 157 Å². The third-order valence-electron chi connectivity index (χ3n) is 3.42. The molecule has 7 nitrogen and oxygen atoms in total. The lowest BCUT2D eigenvalue weighted by molar-refractivity contribution is -0.384. The van der Waals surface area contributed by atoms with Gasteiger partial charge in [0.15, 0.2) is 4.32 Å². The van der Waals surface area contributed by atoms with Crippen molar-refractivity contribution in [3.63, 3.8) is 0 Å². The zero-order chi connectivity index (χ0) is 18.7. The lowest BCUT2D eigenvalue weighted by Gasteiger charge is -2.15. The second-order valence-corrected chi connectivity index (χ2v) is 6.85. The van der Waals surface area contributed by atoms with Gasteiger partial charge in [0.1, 0.15) is 0 Å². The fourth-order valence-corrected chi connectivity index (χ4v) is 3.37. The highest BCUT2D eigenvalue weighted by atomic mass is 32.2. The number of hydrazine groups is 1. The van der Waals surface area contributed by atoms with Crippen molar-refractivity contribution in [3.05, 3.63) is 80.7 Å². The molecule has 2 aromatic carbocycles. The van der Waals surface area contributed by atoms with Crippen LogP contribution in [0.15, 0.2) is 59.5 Å². The number of carbonyl (C=O) groups is 2. The van der Waals surface area contributed by atoms with Crippen LogP contribution in [0.1, 0.15) is 15.9 Å². The molecule has 0 unspecified atom stereocenters. The van der Waals surface area contributed by atoms with Crippen LogP contribution in [0.4, 0.5) is 5.69 Å². The highest BCUT2D eigenvalue weighted by molar-refractivity contribution is 8.26. The third kappa shape index (κ3) is 3.79. The molecular weight excluding hydrogens is 374 g/mol. The summed E-state index contributed by atoms with van der Waals surface area (Å²) in [6.07, 6.45) is 1.68. The number of amides is 2. The standard InChI is InChI=1S/C17H11N3O4S2/c21-15(12-7-4-8-13(10-12)20(23)24)18-19-16(22)14(26-17(19)25)9-11-5-2-1-3-6-11/h1-10H,(H,18,21)/b14-9-. The molecule has 0 saturated carbocycles. The molecule has 0 radical (unpaired) electrons. The molecule has 0 aromatic heterocycles. The highest BCUT2D eigenvalue weighted by Gasteiger charge is 2.33. The molecular formula is C17H11N3O4S2. The van der Waals surface area contributed by atoms with E-state index in [2.05, 4.69) is 5.43 Å². The minimum Gasteiger partial charge on any atom is -0.267 e. The van der Waals surface area contributed by atoms with E-state index in [4.69, 9.17) is 12.2 Å². The van der Waals surface area contributed by atoms with Crippen LogP contribution < -0.4 is 5.43 Å². The Hall–Kier alpha value is -3.04. The van der Waals surface area contributed by atoms with E-state index in [1.54, 1.807) is 6.08 Å². The number of carbonyl (C=O) groups excluding carboxylic acids is 2. The first-order valence-electron chi connectivity index (χ1n) is 7.34. The maximum atomic E-state index is 12.5. The van der Waals surface area contributed by atoms with Gasteiger partial charge in [-0.1, -0.05) is 48.2 Å². The number of non-ortho nitro benzene ring substituents is 1. The molecule has 1 N–H and O–H groups in total. The first-order valence-corrected chi connectivity index (χ1v) is 8.56. The van der Waals surface area contributed by atoms with Crippen LogP contribution in [0.3, 0.4) is 0 Å². The minimum atomic E-state index is -0.661. The van der Waals surface area contributed by atoms with Gasteiger partial charge in [-0.3, -0.25) is 25.1 Å². The van der Waals surface area contributed by atoms with Gasteiger partial charge in [0.05, 0.1) is 9.83 Å². The number of thiocarbonyl (C=S) groups is 1. The quantitative estimate of drug-likeness (QED) is 0.376. The molecule has 9 heteroatoms. The average Bonchev–Trinajstić information content (AvgIpc) is 2.90. The lowest BCUT2D eigenvalue weighted by Crippen LogP contribution is -2.44. The number of nitro groups is 1. The topological polar surface area (TPSA) is 92.6 Å². The first kappa shape index (κ1) is 17.8. The molecule has 0 atom stereocenters. The summed E-state index contributed by atoms with van der Waals surface area (Å²) in [6, 6.07) is 14.5.